The molecule has 4 unspecified atom stereocenters. The van der Waals surface area contributed by atoms with Gasteiger partial charge >= 0.3 is 6.36 Å². The van der Waals surface area contributed by atoms with E-state index in [0.29, 0.717) is 11.8 Å². The van der Waals surface area contributed by atoms with Crippen LogP contribution in [-0.4, -0.2) is 6.36 Å². The van der Waals surface area contributed by atoms with Crippen molar-refractivity contribution >= 4 is 10.8 Å². The number of benzene rings is 2. The van der Waals surface area contributed by atoms with E-state index in [1.165, 1.54) is 31.7 Å². The predicted molar refractivity (Wildman–Crippen MR) is 102 cm³/mol. The van der Waals surface area contributed by atoms with Crippen molar-refractivity contribution in [2.75, 3.05) is 0 Å². The number of alkyl halides is 3. The van der Waals surface area contributed by atoms with Crippen LogP contribution in [0.3, 0.4) is 0 Å². The third kappa shape index (κ3) is 4.22. The molecule has 0 bridgehead atoms. The maximum atomic E-state index is 14.0. The summed E-state index contributed by atoms with van der Waals surface area (Å²) in [5.74, 6) is -1.46. The number of fused-ring (bicyclic) bond motifs is 2. The van der Waals surface area contributed by atoms with Gasteiger partial charge in [0.05, 0.1) is 0 Å². The van der Waals surface area contributed by atoms with Crippen LogP contribution >= 0.6 is 0 Å². The van der Waals surface area contributed by atoms with Gasteiger partial charge in [-0.2, -0.15) is 4.39 Å². The van der Waals surface area contributed by atoms with Crippen molar-refractivity contribution in [3.8, 4) is 5.75 Å². The van der Waals surface area contributed by atoms with Crippen LogP contribution in [0.1, 0.15) is 63.4 Å². The molecule has 2 saturated carbocycles. The van der Waals surface area contributed by atoms with Gasteiger partial charge in [0.15, 0.2) is 11.6 Å². The minimum atomic E-state index is -5.09. The SMILES string of the molecule is CCC1CCC2CC(c3ccc4c(OC(F)(F)F)c(F)c(F)cc4c3)CCC2C1. The summed E-state index contributed by atoms with van der Waals surface area (Å²) in [6.45, 7) is 2.25. The summed E-state index contributed by atoms with van der Waals surface area (Å²) >= 11 is 0. The van der Waals surface area contributed by atoms with Crippen LogP contribution in [0, 0.1) is 29.4 Å². The molecule has 6 heteroatoms. The summed E-state index contributed by atoms with van der Waals surface area (Å²) in [7, 11) is 0. The number of ether oxygens (including phenoxy) is 1. The Bertz CT molecular complexity index is 891. The quantitative estimate of drug-likeness (QED) is 0.469. The van der Waals surface area contributed by atoms with Crippen LogP contribution in [0.2, 0.25) is 0 Å². The zero-order valence-corrected chi connectivity index (χ0v) is 16.4. The summed E-state index contributed by atoms with van der Waals surface area (Å²) in [5.41, 5.74) is 0.984. The highest BCUT2D eigenvalue weighted by molar-refractivity contribution is 5.89. The number of halogens is 5. The van der Waals surface area contributed by atoms with Crippen LogP contribution in [0.5, 0.6) is 5.75 Å². The lowest BCUT2D eigenvalue weighted by Gasteiger charge is -2.42. The fourth-order valence-corrected chi connectivity index (χ4v) is 5.46. The molecule has 0 aliphatic heterocycles. The molecule has 2 fully saturated rings. The average molecular weight is 412 g/mol. The molecule has 2 aromatic carbocycles. The minimum Gasteiger partial charge on any atom is -0.402 e. The van der Waals surface area contributed by atoms with Crippen molar-refractivity contribution in [3.63, 3.8) is 0 Å². The Morgan fingerprint density at radius 2 is 1.69 bits per heavy atom. The average Bonchev–Trinajstić information content (AvgIpc) is 2.69. The molecule has 1 nitrogen and oxygen atoms in total. The number of hydrogen-bond donors (Lipinski definition) is 0. The second kappa shape index (κ2) is 7.77. The molecule has 0 N–H and O–H groups in total. The van der Waals surface area contributed by atoms with Crippen molar-refractivity contribution in [2.45, 2.75) is 64.1 Å². The fraction of sp³-hybridized carbons (Fsp3) is 0.565. The molecule has 4 atom stereocenters. The van der Waals surface area contributed by atoms with Crippen molar-refractivity contribution in [3.05, 3.63) is 41.5 Å². The highest BCUT2D eigenvalue weighted by Gasteiger charge is 2.36. The van der Waals surface area contributed by atoms with Gasteiger partial charge in [-0.15, -0.1) is 13.2 Å². The highest BCUT2D eigenvalue weighted by atomic mass is 19.4. The van der Waals surface area contributed by atoms with Gasteiger partial charge in [-0.05, 0) is 72.8 Å². The molecule has 2 aliphatic rings. The maximum absolute atomic E-state index is 14.0. The summed E-state index contributed by atoms with van der Waals surface area (Å²) in [6, 6.07) is 5.82. The monoisotopic (exact) mass is 412 g/mol. The molecule has 158 valence electrons. The molecular weight excluding hydrogens is 387 g/mol. The second-order valence-corrected chi connectivity index (χ2v) is 8.65. The Hall–Kier alpha value is -1.85. The minimum absolute atomic E-state index is 0.0675. The predicted octanol–water partition coefficient (Wildman–Crippen LogP) is 7.73. The largest absolute Gasteiger partial charge is 0.573 e. The third-order valence-electron chi connectivity index (χ3n) is 7.00. The lowest BCUT2D eigenvalue weighted by atomic mass is 9.63. The van der Waals surface area contributed by atoms with E-state index in [4.69, 9.17) is 0 Å². The molecule has 0 amide bonds. The molecule has 4 rings (SSSR count). The summed E-state index contributed by atoms with van der Waals surface area (Å²) in [4.78, 5) is 0. The lowest BCUT2D eigenvalue weighted by Crippen LogP contribution is -2.30. The van der Waals surface area contributed by atoms with E-state index in [9.17, 15) is 22.0 Å². The zero-order chi connectivity index (χ0) is 20.8. The molecular formula is C23H25F5O. The van der Waals surface area contributed by atoms with Crippen LogP contribution in [-0.2, 0) is 0 Å². The van der Waals surface area contributed by atoms with Gasteiger partial charge in [0.25, 0.3) is 0 Å². The van der Waals surface area contributed by atoms with Gasteiger partial charge < -0.3 is 4.74 Å². The van der Waals surface area contributed by atoms with E-state index in [-0.39, 0.29) is 10.8 Å². The number of hydrogen-bond acceptors (Lipinski definition) is 1. The topological polar surface area (TPSA) is 9.23 Å². The van der Waals surface area contributed by atoms with E-state index < -0.39 is 23.7 Å². The van der Waals surface area contributed by atoms with Gasteiger partial charge in [0.2, 0.25) is 5.82 Å². The molecule has 0 aromatic heterocycles. The fourth-order valence-electron chi connectivity index (χ4n) is 5.46. The summed E-state index contributed by atoms with van der Waals surface area (Å²) < 4.78 is 69.6. The van der Waals surface area contributed by atoms with Crippen molar-refractivity contribution < 1.29 is 26.7 Å². The number of rotatable bonds is 3. The molecule has 0 radical (unpaired) electrons. The van der Waals surface area contributed by atoms with Crippen molar-refractivity contribution in [2.24, 2.45) is 17.8 Å². The standard InChI is InChI=1S/C23H25F5O/c1-2-13-3-4-15-10-16(6-5-14(15)9-13)17-7-8-19-18(11-17)12-20(24)21(25)22(19)29-23(26,27)28/h7-8,11-16H,2-6,9-10H2,1H3. The van der Waals surface area contributed by atoms with E-state index in [1.54, 1.807) is 12.1 Å². The Kier molecular flexibility index (Phi) is 5.47. The normalized spacial score (nSPS) is 27.7. The van der Waals surface area contributed by atoms with Crippen LogP contribution in [0.4, 0.5) is 22.0 Å². The van der Waals surface area contributed by atoms with E-state index in [1.807, 2.05) is 0 Å². The van der Waals surface area contributed by atoms with Crippen molar-refractivity contribution in [1.29, 1.82) is 0 Å². The van der Waals surface area contributed by atoms with Gasteiger partial charge in [-0.25, -0.2) is 4.39 Å². The van der Waals surface area contributed by atoms with Gasteiger partial charge in [0, 0.05) is 5.39 Å². The molecule has 0 spiro atoms. The summed E-state index contributed by atoms with van der Waals surface area (Å²) in [5, 5.41) is 0.166. The Labute approximate surface area is 167 Å². The smallest absolute Gasteiger partial charge is 0.402 e. The molecule has 0 saturated heterocycles. The first-order valence-corrected chi connectivity index (χ1v) is 10.4. The van der Waals surface area contributed by atoms with Crippen LogP contribution in [0.15, 0.2) is 24.3 Å². The highest BCUT2D eigenvalue weighted by Crippen LogP contribution is 2.48. The molecule has 0 heterocycles. The summed E-state index contributed by atoms with van der Waals surface area (Å²) in [6.07, 6.45) is 3.19. The van der Waals surface area contributed by atoms with E-state index in [0.717, 1.165) is 42.7 Å². The third-order valence-corrected chi connectivity index (χ3v) is 7.00. The maximum Gasteiger partial charge on any atom is 0.573 e. The second-order valence-electron chi connectivity index (χ2n) is 8.65. The van der Waals surface area contributed by atoms with E-state index >= 15 is 0 Å². The molecule has 29 heavy (non-hydrogen) atoms. The van der Waals surface area contributed by atoms with Gasteiger partial charge in [0.1, 0.15) is 0 Å². The first kappa shape index (κ1) is 20.4. The van der Waals surface area contributed by atoms with Crippen molar-refractivity contribution in [1.82, 2.24) is 0 Å². The van der Waals surface area contributed by atoms with Gasteiger partial charge in [-0.3, -0.25) is 0 Å². The Balaban J connectivity index is 1.61. The first-order valence-electron chi connectivity index (χ1n) is 10.4. The Morgan fingerprint density at radius 3 is 2.41 bits per heavy atom. The first-order chi connectivity index (χ1) is 13.7. The Morgan fingerprint density at radius 1 is 0.966 bits per heavy atom. The lowest BCUT2D eigenvalue weighted by molar-refractivity contribution is -0.275. The van der Waals surface area contributed by atoms with Gasteiger partial charge in [-0.1, -0.05) is 38.0 Å². The molecule has 2 aromatic rings. The van der Waals surface area contributed by atoms with Crippen LogP contribution in [0.25, 0.3) is 10.8 Å². The zero-order valence-electron chi connectivity index (χ0n) is 16.4. The molecule has 2 aliphatic carbocycles. The van der Waals surface area contributed by atoms with E-state index in [2.05, 4.69) is 11.7 Å². The van der Waals surface area contributed by atoms with Crippen LogP contribution < -0.4 is 4.74 Å².